The van der Waals surface area contributed by atoms with Gasteiger partial charge in [0.2, 0.25) is 0 Å². The highest BCUT2D eigenvalue weighted by molar-refractivity contribution is 7.91. The van der Waals surface area contributed by atoms with Crippen molar-refractivity contribution in [2.24, 2.45) is 0 Å². The molecule has 92 valence electrons. The van der Waals surface area contributed by atoms with Crippen LogP contribution in [0.2, 0.25) is 0 Å². The van der Waals surface area contributed by atoms with Crippen molar-refractivity contribution < 1.29 is 17.9 Å². The maximum absolute atomic E-state index is 11.7. The van der Waals surface area contributed by atoms with Crippen LogP contribution in [0.25, 0.3) is 11.0 Å². The van der Waals surface area contributed by atoms with Crippen LogP contribution >= 0.6 is 0 Å². The normalized spacial score (nSPS) is 12.4. The Balaban J connectivity index is 2.42. The summed E-state index contributed by atoms with van der Waals surface area (Å²) in [6.45, 7) is 3.27. The number of furan rings is 1. The zero-order chi connectivity index (χ0) is 12.6. The second-order valence-corrected chi connectivity index (χ2v) is 6.81. The third-order valence-corrected chi connectivity index (χ3v) is 4.77. The molecule has 2 rings (SSSR count). The van der Waals surface area contributed by atoms with Crippen LogP contribution in [-0.4, -0.2) is 18.8 Å². The number of fused-ring (bicyclic) bond motifs is 1. The van der Waals surface area contributed by atoms with E-state index in [0.717, 1.165) is 0 Å². The standard InChI is InChI=1S/C12H14O4S/c1-8(2)17(14,15)7-9-6-10-11(13)4-3-5-12(10)16-9/h3-6,8,13H,7H2,1-2H3. The van der Waals surface area contributed by atoms with Gasteiger partial charge in [-0.3, -0.25) is 0 Å². The lowest BCUT2D eigenvalue weighted by atomic mass is 10.2. The van der Waals surface area contributed by atoms with Crippen LogP contribution in [0.1, 0.15) is 19.6 Å². The Kier molecular flexibility index (Phi) is 2.87. The molecule has 1 aromatic heterocycles. The predicted octanol–water partition coefficient (Wildman–Crippen LogP) is 2.46. The summed E-state index contributed by atoms with van der Waals surface area (Å²) in [5.41, 5.74) is 0.499. The summed E-state index contributed by atoms with van der Waals surface area (Å²) in [5, 5.41) is 9.69. The monoisotopic (exact) mass is 254 g/mol. The maximum Gasteiger partial charge on any atom is 0.159 e. The second-order valence-electron chi connectivity index (χ2n) is 4.26. The first kappa shape index (κ1) is 12.0. The van der Waals surface area contributed by atoms with E-state index in [1.165, 1.54) is 0 Å². The van der Waals surface area contributed by atoms with Crippen LogP contribution in [0.3, 0.4) is 0 Å². The van der Waals surface area contributed by atoms with Crippen molar-refractivity contribution in [1.82, 2.24) is 0 Å². The number of rotatable bonds is 3. The average molecular weight is 254 g/mol. The summed E-state index contributed by atoms with van der Waals surface area (Å²) < 4.78 is 28.9. The fraction of sp³-hybridized carbons (Fsp3) is 0.333. The van der Waals surface area contributed by atoms with Gasteiger partial charge in [0.05, 0.1) is 10.6 Å². The van der Waals surface area contributed by atoms with Gasteiger partial charge in [-0.15, -0.1) is 0 Å². The van der Waals surface area contributed by atoms with Gasteiger partial charge in [-0.05, 0) is 32.0 Å². The Morgan fingerprint density at radius 1 is 1.35 bits per heavy atom. The van der Waals surface area contributed by atoms with E-state index in [-0.39, 0.29) is 11.5 Å². The fourth-order valence-corrected chi connectivity index (χ4v) is 2.41. The van der Waals surface area contributed by atoms with Gasteiger partial charge in [0.15, 0.2) is 9.84 Å². The van der Waals surface area contributed by atoms with E-state index in [4.69, 9.17) is 4.42 Å². The van der Waals surface area contributed by atoms with E-state index in [2.05, 4.69) is 0 Å². The smallest absolute Gasteiger partial charge is 0.159 e. The molecular formula is C12H14O4S. The minimum Gasteiger partial charge on any atom is -0.507 e. The molecule has 0 bridgehead atoms. The third kappa shape index (κ3) is 2.29. The van der Waals surface area contributed by atoms with Crippen molar-refractivity contribution in [3.05, 3.63) is 30.0 Å². The molecule has 0 amide bonds. The van der Waals surface area contributed by atoms with Crippen LogP contribution in [0, 0.1) is 0 Å². The minimum atomic E-state index is -3.19. The SMILES string of the molecule is CC(C)S(=O)(=O)Cc1cc2c(O)cccc2o1. The molecule has 0 unspecified atom stereocenters. The molecule has 0 aliphatic heterocycles. The van der Waals surface area contributed by atoms with Gasteiger partial charge in [0.1, 0.15) is 22.8 Å². The lowest BCUT2D eigenvalue weighted by Crippen LogP contribution is -2.15. The largest absolute Gasteiger partial charge is 0.507 e. The van der Waals surface area contributed by atoms with Gasteiger partial charge >= 0.3 is 0 Å². The summed E-state index contributed by atoms with van der Waals surface area (Å²) in [6, 6.07) is 6.46. The molecule has 0 spiro atoms. The van der Waals surface area contributed by atoms with E-state index >= 15 is 0 Å². The zero-order valence-corrected chi connectivity index (χ0v) is 10.5. The van der Waals surface area contributed by atoms with Gasteiger partial charge in [-0.25, -0.2) is 8.42 Å². The number of phenolic OH excluding ortho intramolecular Hbond substituents is 1. The summed E-state index contributed by atoms with van der Waals surface area (Å²) in [7, 11) is -3.19. The van der Waals surface area contributed by atoms with E-state index in [1.54, 1.807) is 38.1 Å². The molecule has 4 nitrogen and oxygen atoms in total. The fourth-order valence-electron chi connectivity index (χ4n) is 1.53. The highest BCUT2D eigenvalue weighted by atomic mass is 32.2. The number of hydrogen-bond acceptors (Lipinski definition) is 4. The summed E-state index contributed by atoms with van der Waals surface area (Å²) in [6.07, 6.45) is 0. The summed E-state index contributed by atoms with van der Waals surface area (Å²) in [4.78, 5) is 0. The van der Waals surface area contributed by atoms with Gasteiger partial charge in [-0.2, -0.15) is 0 Å². The first-order chi connectivity index (χ1) is 7.90. The number of aromatic hydroxyl groups is 1. The van der Waals surface area contributed by atoms with Gasteiger partial charge in [0, 0.05) is 0 Å². The van der Waals surface area contributed by atoms with E-state index in [0.29, 0.717) is 16.7 Å². The molecule has 0 saturated heterocycles. The van der Waals surface area contributed by atoms with Crippen molar-refractivity contribution in [3.63, 3.8) is 0 Å². The second kappa shape index (κ2) is 4.07. The lowest BCUT2D eigenvalue weighted by Gasteiger charge is -2.04. The van der Waals surface area contributed by atoms with Gasteiger partial charge in [-0.1, -0.05) is 6.07 Å². The number of sulfone groups is 1. The number of hydrogen-bond donors (Lipinski definition) is 1. The Hall–Kier alpha value is -1.49. The van der Waals surface area contributed by atoms with Crippen LogP contribution in [0.4, 0.5) is 0 Å². The molecule has 17 heavy (non-hydrogen) atoms. The summed E-state index contributed by atoms with van der Waals surface area (Å²) in [5.74, 6) is 0.313. The third-order valence-electron chi connectivity index (χ3n) is 2.65. The quantitative estimate of drug-likeness (QED) is 0.913. The number of benzene rings is 1. The van der Waals surface area contributed by atoms with Crippen LogP contribution in [0.15, 0.2) is 28.7 Å². The first-order valence-electron chi connectivity index (χ1n) is 5.32. The van der Waals surface area contributed by atoms with Crippen LogP contribution in [-0.2, 0) is 15.6 Å². The van der Waals surface area contributed by atoms with E-state index in [1.807, 2.05) is 0 Å². The van der Waals surface area contributed by atoms with Crippen LogP contribution in [0.5, 0.6) is 5.75 Å². The summed E-state index contributed by atoms with van der Waals surface area (Å²) >= 11 is 0. The Bertz CT molecular complexity index is 638. The maximum atomic E-state index is 11.7. The molecule has 0 radical (unpaired) electrons. The molecule has 0 aliphatic rings. The van der Waals surface area contributed by atoms with Crippen molar-refractivity contribution in [2.45, 2.75) is 24.9 Å². The van der Waals surface area contributed by atoms with Gasteiger partial charge in [0.25, 0.3) is 0 Å². The lowest BCUT2D eigenvalue weighted by molar-refractivity contribution is 0.481. The van der Waals surface area contributed by atoms with Crippen molar-refractivity contribution in [1.29, 1.82) is 0 Å². The molecule has 2 aromatic rings. The molecule has 0 atom stereocenters. The highest BCUT2D eigenvalue weighted by Crippen LogP contribution is 2.28. The molecular weight excluding hydrogens is 240 g/mol. The van der Waals surface area contributed by atoms with Crippen molar-refractivity contribution >= 4 is 20.8 Å². The molecule has 1 aromatic carbocycles. The Labute approximate surface area is 99.8 Å². The predicted molar refractivity (Wildman–Crippen MR) is 65.6 cm³/mol. The molecule has 0 aliphatic carbocycles. The van der Waals surface area contributed by atoms with Crippen molar-refractivity contribution in [2.75, 3.05) is 0 Å². The van der Waals surface area contributed by atoms with Crippen LogP contribution < -0.4 is 0 Å². The molecule has 1 heterocycles. The molecule has 0 fully saturated rings. The van der Waals surface area contributed by atoms with Crippen molar-refractivity contribution in [3.8, 4) is 5.75 Å². The zero-order valence-electron chi connectivity index (χ0n) is 9.67. The first-order valence-corrected chi connectivity index (χ1v) is 7.03. The molecule has 5 heteroatoms. The Morgan fingerprint density at radius 2 is 2.06 bits per heavy atom. The highest BCUT2D eigenvalue weighted by Gasteiger charge is 2.19. The molecule has 1 N–H and O–H groups in total. The average Bonchev–Trinajstić information content (AvgIpc) is 2.60. The minimum absolute atomic E-state index is 0.0967. The molecule has 0 saturated carbocycles. The number of phenols is 1. The van der Waals surface area contributed by atoms with E-state index in [9.17, 15) is 13.5 Å². The Morgan fingerprint density at radius 3 is 2.65 bits per heavy atom. The van der Waals surface area contributed by atoms with Gasteiger partial charge < -0.3 is 9.52 Å². The van der Waals surface area contributed by atoms with E-state index < -0.39 is 15.1 Å². The topological polar surface area (TPSA) is 67.5 Å².